The fourth-order valence-corrected chi connectivity index (χ4v) is 3.88. The van der Waals surface area contributed by atoms with Gasteiger partial charge < -0.3 is 10.2 Å². The first kappa shape index (κ1) is 21.7. The Bertz CT molecular complexity index is 1120. The maximum Gasteiger partial charge on any atom is 0.251 e. The number of carbonyl (C=O) groups excluding carboxylic acids is 2. The number of carbonyl (C=O) groups is 2. The number of amides is 2. The van der Waals surface area contributed by atoms with Crippen molar-refractivity contribution in [2.24, 2.45) is 0 Å². The van der Waals surface area contributed by atoms with Crippen LogP contribution in [0.3, 0.4) is 0 Å². The second kappa shape index (κ2) is 9.30. The third kappa shape index (κ3) is 4.85. The van der Waals surface area contributed by atoms with Gasteiger partial charge in [0.05, 0.1) is 6.04 Å². The van der Waals surface area contributed by atoms with Crippen LogP contribution in [0.2, 0.25) is 0 Å². The number of aryl methyl sites for hydroxylation is 2. The fourth-order valence-electron chi connectivity index (χ4n) is 3.88. The van der Waals surface area contributed by atoms with Crippen LogP contribution in [-0.2, 0) is 4.79 Å². The summed E-state index contributed by atoms with van der Waals surface area (Å²) in [6.07, 6.45) is 5.88. The second-order valence-electron chi connectivity index (χ2n) is 8.40. The lowest BCUT2D eigenvalue weighted by molar-refractivity contribution is -0.119. The number of rotatable bonds is 5. The normalized spacial score (nSPS) is 14.8. The Morgan fingerprint density at radius 2 is 1.72 bits per heavy atom. The van der Waals surface area contributed by atoms with Crippen LogP contribution in [0.1, 0.15) is 59.5 Å². The first-order chi connectivity index (χ1) is 15.4. The molecule has 2 amide bonds. The van der Waals surface area contributed by atoms with E-state index in [4.69, 9.17) is 0 Å². The number of nitrogens with one attached hydrogen (secondary N) is 1. The molecule has 2 heterocycles. The van der Waals surface area contributed by atoms with E-state index in [9.17, 15) is 9.59 Å². The van der Waals surface area contributed by atoms with Crippen LogP contribution in [-0.4, -0.2) is 28.3 Å². The van der Waals surface area contributed by atoms with Crippen LogP contribution in [0.15, 0.2) is 54.9 Å². The van der Waals surface area contributed by atoms with Crippen molar-refractivity contribution in [3.63, 3.8) is 0 Å². The van der Waals surface area contributed by atoms with Crippen molar-refractivity contribution in [3.8, 4) is 11.1 Å². The van der Waals surface area contributed by atoms with Crippen LogP contribution in [0.25, 0.3) is 11.1 Å². The predicted octanol–water partition coefficient (Wildman–Crippen LogP) is 4.77. The molecule has 1 aromatic heterocycles. The minimum Gasteiger partial charge on any atom is -0.345 e. The number of nitrogens with zero attached hydrogens (tertiary/aromatic N) is 3. The summed E-state index contributed by atoms with van der Waals surface area (Å²) >= 11 is 0. The summed E-state index contributed by atoms with van der Waals surface area (Å²) in [5.41, 5.74) is 5.22. The molecular formula is C26H28N4O2. The molecule has 1 aliphatic rings. The molecule has 164 valence electrons. The van der Waals surface area contributed by atoms with Gasteiger partial charge in [-0.15, -0.1) is 0 Å². The van der Waals surface area contributed by atoms with Gasteiger partial charge in [-0.1, -0.05) is 29.8 Å². The summed E-state index contributed by atoms with van der Waals surface area (Å²) in [6.45, 7) is 6.45. The van der Waals surface area contributed by atoms with Gasteiger partial charge in [0, 0.05) is 42.2 Å². The van der Waals surface area contributed by atoms with Crippen LogP contribution in [0.5, 0.6) is 0 Å². The van der Waals surface area contributed by atoms with Crippen molar-refractivity contribution in [2.75, 3.05) is 11.4 Å². The van der Waals surface area contributed by atoms with Crippen LogP contribution in [0, 0.1) is 13.8 Å². The third-order valence-corrected chi connectivity index (χ3v) is 5.85. The first-order valence-corrected chi connectivity index (χ1v) is 11.0. The highest BCUT2D eigenvalue weighted by Gasteiger charge is 2.22. The molecule has 6 nitrogen and oxygen atoms in total. The zero-order valence-corrected chi connectivity index (χ0v) is 18.8. The Labute approximate surface area is 188 Å². The van der Waals surface area contributed by atoms with Gasteiger partial charge in [-0.25, -0.2) is 9.97 Å². The topological polar surface area (TPSA) is 75.2 Å². The largest absolute Gasteiger partial charge is 0.345 e. The van der Waals surface area contributed by atoms with E-state index >= 15 is 0 Å². The van der Waals surface area contributed by atoms with Crippen molar-refractivity contribution in [1.82, 2.24) is 15.3 Å². The van der Waals surface area contributed by atoms with E-state index in [-0.39, 0.29) is 17.9 Å². The monoisotopic (exact) mass is 428 g/mol. The number of hydrogen-bond donors (Lipinski definition) is 1. The number of hydrogen-bond acceptors (Lipinski definition) is 4. The Balaban J connectivity index is 1.67. The minimum absolute atomic E-state index is 0.105. The lowest BCUT2D eigenvalue weighted by atomic mass is 9.99. The van der Waals surface area contributed by atoms with E-state index in [2.05, 4.69) is 15.3 Å². The zero-order chi connectivity index (χ0) is 22.7. The standard InChI is InChI=1S/C26H28N4O2/c1-17-7-9-20(10-8-17)21-12-22(14-24(13-21)30-11-5-4-6-25(30)31)26(32)29-18(2)23-15-27-19(3)28-16-23/h7-10,12-16,18H,4-6,11H2,1-3H3,(H,29,32). The van der Waals surface area contributed by atoms with Gasteiger partial charge in [0.1, 0.15) is 5.82 Å². The number of aromatic nitrogens is 2. The average molecular weight is 429 g/mol. The molecule has 0 aliphatic carbocycles. The molecule has 32 heavy (non-hydrogen) atoms. The van der Waals surface area contributed by atoms with Crippen LogP contribution in [0.4, 0.5) is 5.69 Å². The number of piperidine rings is 1. The molecule has 6 heteroatoms. The molecule has 0 bridgehead atoms. The third-order valence-electron chi connectivity index (χ3n) is 5.85. The molecule has 4 rings (SSSR count). The summed E-state index contributed by atoms with van der Waals surface area (Å²) in [4.78, 5) is 36.0. The van der Waals surface area contributed by atoms with Crippen molar-refractivity contribution in [1.29, 1.82) is 0 Å². The van der Waals surface area contributed by atoms with Crippen LogP contribution >= 0.6 is 0 Å². The summed E-state index contributed by atoms with van der Waals surface area (Å²) in [6, 6.07) is 13.6. The minimum atomic E-state index is -0.244. The van der Waals surface area contributed by atoms with E-state index < -0.39 is 0 Å². The quantitative estimate of drug-likeness (QED) is 0.635. The number of benzene rings is 2. The highest BCUT2D eigenvalue weighted by atomic mass is 16.2. The molecule has 1 aliphatic heterocycles. The maximum absolute atomic E-state index is 13.2. The molecular weight excluding hydrogens is 400 g/mol. The maximum atomic E-state index is 13.2. The SMILES string of the molecule is Cc1ccc(-c2cc(C(=O)NC(C)c3cnc(C)nc3)cc(N3CCCCC3=O)c2)cc1. The van der Waals surface area contributed by atoms with Gasteiger partial charge >= 0.3 is 0 Å². The van der Waals surface area contributed by atoms with Crippen molar-refractivity contribution < 1.29 is 9.59 Å². The van der Waals surface area contributed by atoms with Gasteiger partial charge in [0.2, 0.25) is 5.91 Å². The van der Waals surface area contributed by atoms with E-state index in [1.54, 1.807) is 17.3 Å². The first-order valence-electron chi connectivity index (χ1n) is 11.0. The highest BCUT2D eigenvalue weighted by molar-refractivity contribution is 6.00. The molecule has 1 fully saturated rings. The Kier molecular flexibility index (Phi) is 6.30. The van der Waals surface area contributed by atoms with E-state index in [0.717, 1.165) is 35.2 Å². The van der Waals surface area contributed by atoms with E-state index in [1.807, 2.05) is 63.2 Å². The summed E-state index contributed by atoms with van der Waals surface area (Å²) in [5, 5.41) is 3.04. The number of anilines is 1. The lowest BCUT2D eigenvalue weighted by Gasteiger charge is -2.28. The average Bonchev–Trinajstić information content (AvgIpc) is 2.80. The molecule has 1 unspecified atom stereocenters. The summed E-state index contributed by atoms with van der Waals surface area (Å²) < 4.78 is 0. The van der Waals surface area contributed by atoms with Gasteiger partial charge in [-0.3, -0.25) is 9.59 Å². The molecule has 2 aromatic carbocycles. The fraction of sp³-hybridized carbons (Fsp3) is 0.308. The Morgan fingerprint density at radius 1 is 1.00 bits per heavy atom. The molecule has 1 N–H and O–H groups in total. The summed E-state index contributed by atoms with van der Waals surface area (Å²) in [5.74, 6) is 0.598. The molecule has 1 saturated heterocycles. The Morgan fingerprint density at radius 3 is 2.41 bits per heavy atom. The zero-order valence-electron chi connectivity index (χ0n) is 18.8. The van der Waals surface area contributed by atoms with Gasteiger partial charge in [-0.2, -0.15) is 0 Å². The molecule has 0 spiro atoms. The molecule has 0 radical (unpaired) electrons. The van der Waals surface area contributed by atoms with E-state index in [1.165, 1.54) is 5.56 Å². The van der Waals surface area contributed by atoms with Gasteiger partial charge in [0.25, 0.3) is 5.91 Å². The van der Waals surface area contributed by atoms with Gasteiger partial charge in [0.15, 0.2) is 0 Å². The predicted molar refractivity (Wildman–Crippen MR) is 125 cm³/mol. The molecule has 3 aromatic rings. The second-order valence-corrected chi connectivity index (χ2v) is 8.40. The summed E-state index contributed by atoms with van der Waals surface area (Å²) in [7, 11) is 0. The molecule has 1 atom stereocenters. The highest BCUT2D eigenvalue weighted by Crippen LogP contribution is 2.30. The lowest BCUT2D eigenvalue weighted by Crippen LogP contribution is -2.35. The van der Waals surface area contributed by atoms with Crippen LogP contribution < -0.4 is 10.2 Å². The Hall–Kier alpha value is -3.54. The molecule has 0 saturated carbocycles. The van der Waals surface area contributed by atoms with Crippen molar-refractivity contribution in [2.45, 2.75) is 46.1 Å². The van der Waals surface area contributed by atoms with E-state index in [0.29, 0.717) is 24.4 Å². The van der Waals surface area contributed by atoms with Gasteiger partial charge in [-0.05, 0) is 62.9 Å². The van der Waals surface area contributed by atoms with Crippen molar-refractivity contribution in [3.05, 3.63) is 77.4 Å². The smallest absolute Gasteiger partial charge is 0.251 e. The van der Waals surface area contributed by atoms with Crippen molar-refractivity contribution >= 4 is 17.5 Å².